The molecule has 5 rings (SSSR count). The zero-order valence-corrected chi connectivity index (χ0v) is 13.8. The molecule has 0 aliphatic carbocycles. The Balaban J connectivity index is 1.75. The summed E-state index contributed by atoms with van der Waals surface area (Å²) in [6.45, 7) is 4.15. The summed E-state index contributed by atoms with van der Waals surface area (Å²) in [7, 11) is 0. The maximum Gasteiger partial charge on any atom is 0.232 e. The minimum absolute atomic E-state index is 0.224. The van der Waals surface area contributed by atoms with E-state index < -0.39 is 5.25 Å². The van der Waals surface area contributed by atoms with E-state index in [-0.39, 0.29) is 6.04 Å². The smallest absolute Gasteiger partial charge is 0.232 e. The fourth-order valence-corrected chi connectivity index (χ4v) is 5.06. The molecule has 0 spiro atoms. The highest BCUT2D eigenvalue weighted by molar-refractivity contribution is 6.25. The van der Waals surface area contributed by atoms with Crippen LogP contribution in [0.5, 0.6) is 0 Å². The van der Waals surface area contributed by atoms with Crippen LogP contribution in [0.25, 0.3) is 0 Å². The first-order chi connectivity index (χ1) is 11.3. The van der Waals surface area contributed by atoms with Crippen molar-refractivity contribution in [3.8, 4) is 0 Å². The van der Waals surface area contributed by atoms with Crippen molar-refractivity contribution in [3.05, 3.63) is 65.7 Å². The molecule has 2 atom stereocenters. The van der Waals surface area contributed by atoms with Crippen LogP contribution in [-0.4, -0.2) is 41.2 Å². The Morgan fingerprint density at radius 1 is 0.870 bits per heavy atom. The van der Waals surface area contributed by atoms with E-state index in [1.807, 2.05) is 0 Å². The second-order valence-electron chi connectivity index (χ2n) is 6.61. The number of alkyl halides is 1. The Kier molecular flexibility index (Phi) is 2.99. The van der Waals surface area contributed by atoms with Crippen molar-refractivity contribution in [2.24, 2.45) is 0 Å². The van der Waals surface area contributed by atoms with E-state index in [1.54, 1.807) is 0 Å². The molecule has 2 aromatic rings. The number of para-hydroxylation sites is 1. The number of benzene rings is 2. The molecule has 0 N–H and O–H groups in total. The third kappa shape index (κ3) is 1.78. The van der Waals surface area contributed by atoms with Crippen molar-refractivity contribution < 1.29 is 0 Å². The van der Waals surface area contributed by atoms with Gasteiger partial charge in [-0.15, -0.1) is 0 Å². The molecule has 2 saturated heterocycles. The van der Waals surface area contributed by atoms with E-state index in [1.165, 1.54) is 23.2 Å². The molecule has 118 valence electrons. The van der Waals surface area contributed by atoms with Crippen molar-refractivity contribution >= 4 is 17.3 Å². The number of nitrogens with zero attached hydrogens (tertiary/aromatic N) is 3. The molecule has 2 unspecified atom stereocenters. The molecule has 4 heteroatoms. The Morgan fingerprint density at radius 2 is 1.65 bits per heavy atom. The van der Waals surface area contributed by atoms with Gasteiger partial charge in [0, 0.05) is 31.9 Å². The van der Waals surface area contributed by atoms with Crippen molar-refractivity contribution in [2.75, 3.05) is 31.1 Å². The lowest BCUT2D eigenvalue weighted by Crippen LogP contribution is -2.67. The Hall–Kier alpha value is -1.55. The Morgan fingerprint density at radius 3 is 2.52 bits per heavy atom. The van der Waals surface area contributed by atoms with E-state index in [0.717, 1.165) is 26.2 Å². The van der Waals surface area contributed by atoms with Gasteiger partial charge >= 0.3 is 0 Å². The summed E-state index contributed by atoms with van der Waals surface area (Å²) in [6.07, 6.45) is 1.17. The molecule has 2 aromatic carbocycles. The lowest BCUT2D eigenvalue weighted by atomic mass is 9.92. The molecule has 3 aliphatic rings. The highest BCUT2D eigenvalue weighted by Crippen LogP contribution is 2.52. The zero-order valence-electron chi connectivity index (χ0n) is 13.0. The van der Waals surface area contributed by atoms with Gasteiger partial charge in [-0.25, -0.2) is 4.90 Å². The van der Waals surface area contributed by atoms with Crippen LogP contribution < -0.4 is 4.90 Å². The van der Waals surface area contributed by atoms with Gasteiger partial charge in [-0.3, -0.25) is 4.90 Å². The number of halogens is 1. The lowest BCUT2D eigenvalue weighted by Gasteiger charge is -2.56. The number of anilines is 1. The predicted molar refractivity (Wildman–Crippen MR) is 93.6 cm³/mol. The Labute approximate surface area is 142 Å². The predicted octanol–water partition coefficient (Wildman–Crippen LogP) is 3.47. The van der Waals surface area contributed by atoms with Gasteiger partial charge in [0.25, 0.3) is 0 Å². The highest BCUT2D eigenvalue weighted by atomic mass is 35.5. The lowest BCUT2D eigenvalue weighted by molar-refractivity contribution is -0.0248. The van der Waals surface area contributed by atoms with Gasteiger partial charge in [-0.2, -0.15) is 0 Å². The van der Waals surface area contributed by atoms with Crippen LogP contribution in [0.2, 0.25) is 0 Å². The molecule has 3 nitrogen and oxygen atoms in total. The number of hydrogen-bond donors (Lipinski definition) is 0. The summed E-state index contributed by atoms with van der Waals surface area (Å²) in [5.74, 6) is 0. The van der Waals surface area contributed by atoms with E-state index in [4.69, 9.17) is 11.6 Å². The fourth-order valence-electron chi connectivity index (χ4n) is 4.54. The van der Waals surface area contributed by atoms with Gasteiger partial charge in [0.05, 0.1) is 6.04 Å². The standard InChI is InChI=1S/C19H20ClN3/c20-19-21-11-6-12-23(19)18(15-7-2-1-3-8-15)16-9-4-5-10-17(16)22(19)14-13-21/h1-5,7-10,18H,6,11-14H2. The average molecular weight is 326 g/mol. The quantitative estimate of drug-likeness (QED) is 0.587. The van der Waals surface area contributed by atoms with E-state index >= 15 is 0 Å². The van der Waals surface area contributed by atoms with Gasteiger partial charge in [0.1, 0.15) is 0 Å². The van der Waals surface area contributed by atoms with Gasteiger partial charge in [0.15, 0.2) is 0 Å². The van der Waals surface area contributed by atoms with Crippen LogP contribution in [0, 0.1) is 0 Å². The topological polar surface area (TPSA) is 9.72 Å². The van der Waals surface area contributed by atoms with Crippen molar-refractivity contribution in [3.63, 3.8) is 0 Å². The van der Waals surface area contributed by atoms with Crippen LogP contribution in [0.3, 0.4) is 0 Å². The fraction of sp³-hybridized carbons (Fsp3) is 0.368. The number of hydrogen-bond acceptors (Lipinski definition) is 3. The first-order valence-electron chi connectivity index (χ1n) is 8.42. The van der Waals surface area contributed by atoms with E-state index in [2.05, 4.69) is 69.3 Å². The van der Waals surface area contributed by atoms with Crippen molar-refractivity contribution in [1.82, 2.24) is 9.80 Å². The van der Waals surface area contributed by atoms with Crippen LogP contribution in [-0.2, 0) is 0 Å². The number of fused-ring (bicyclic) bond motifs is 2. The summed E-state index contributed by atoms with van der Waals surface area (Å²) < 4.78 is 0. The molecule has 2 fully saturated rings. The largest absolute Gasteiger partial charge is 0.326 e. The summed E-state index contributed by atoms with van der Waals surface area (Å²) in [4.78, 5) is 7.31. The van der Waals surface area contributed by atoms with Crippen molar-refractivity contribution in [2.45, 2.75) is 17.7 Å². The van der Waals surface area contributed by atoms with Gasteiger partial charge in [0.2, 0.25) is 5.25 Å². The molecule has 3 heterocycles. The second kappa shape index (κ2) is 4.97. The SMILES string of the molecule is ClC12N3CCCN1C(c1ccccc1)c1ccccc1N2CC3. The van der Waals surface area contributed by atoms with E-state index in [0.29, 0.717) is 0 Å². The summed E-state index contributed by atoms with van der Waals surface area (Å²) >= 11 is 7.29. The molecular formula is C19H20ClN3. The maximum atomic E-state index is 7.29. The van der Waals surface area contributed by atoms with Crippen LogP contribution in [0.4, 0.5) is 5.69 Å². The third-order valence-electron chi connectivity index (χ3n) is 5.48. The van der Waals surface area contributed by atoms with Crippen LogP contribution >= 0.6 is 11.6 Å². The van der Waals surface area contributed by atoms with Gasteiger partial charge in [-0.1, -0.05) is 60.1 Å². The molecular weight excluding hydrogens is 306 g/mol. The maximum absolute atomic E-state index is 7.29. The monoisotopic (exact) mass is 325 g/mol. The molecule has 23 heavy (non-hydrogen) atoms. The third-order valence-corrected chi connectivity index (χ3v) is 6.14. The number of rotatable bonds is 1. The highest BCUT2D eigenvalue weighted by Gasteiger charge is 2.57. The molecule has 0 aromatic heterocycles. The minimum Gasteiger partial charge on any atom is -0.326 e. The molecule has 3 aliphatic heterocycles. The summed E-state index contributed by atoms with van der Waals surface area (Å²) in [6, 6.07) is 19.8. The first-order valence-corrected chi connectivity index (χ1v) is 8.80. The van der Waals surface area contributed by atoms with Crippen LogP contribution in [0.1, 0.15) is 23.6 Å². The normalized spacial score (nSPS) is 30.1. The van der Waals surface area contributed by atoms with Crippen LogP contribution in [0.15, 0.2) is 54.6 Å². The molecule has 0 saturated carbocycles. The molecule has 0 bridgehead atoms. The summed E-state index contributed by atoms with van der Waals surface area (Å²) in [5, 5.41) is -0.507. The zero-order chi connectivity index (χ0) is 15.4. The average Bonchev–Trinajstić information content (AvgIpc) is 2.94. The van der Waals surface area contributed by atoms with Gasteiger partial charge in [-0.05, 0) is 23.6 Å². The molecule has 0 radical (unpaired) electrons. The van der Waals surface area contributed by atoms with Crippen molar-refractivity contribution in [1.29, 1.82) is 0 Å². The van der Waals surface area contributed by atoms with Gasteiger partial charge < -0.3 is 4.90 Å². The summed E-state index contributed by atoms with van der Waals surface area (Å²) in [5.41, 5.74) is 3.99. The second-order valence-corrected chi connectivity index (χ2v) is 7.12. The minimum atomic E-state index is -0.507. The molecule has 0 amide bonds. The Bertz CT molecular complexity index is 734. The first kappa shape index (κ1) is 13.8. The van der Waals surface area contributed by atoms with E-state index in [9.17, 15) is 0 Å².